The molecule has 9 nitrogen and oxygen atoms in total. The SMILES string of the molecule is COC(=O)c1nc(S(=O)(=O)N(C)C)c2cc(Cc3ccc(F)cc3)c(N)nc2c1O. The summed E-state index contributed by atoms with van der Waals surface area (Å²) in [5.74, 6) is -2.06. The first-order chi connectivity index (χ1) is 14.1. The van der Waals surface area contributed by atoms with Gasteiger partial charge in [0.1, 0.15) is 17.2 Å². The first-order valence-corrected chi connectivity index (χ1v) is 10.1. The average Bonchev–Trinajstić information content (AvgIpc) is 2.70. The summed E-state index contributed by atoms with van der Waals surface area (Å²) < 4.78 is 44.3. The molecule has 0 saturated heterocycles. The number of sulfonamides is 1. The van der Waals surface area contributed by atoms with Crippen LogP contribution in [0.4, 0.5) is 10.2 Å². The number of halogens is 1. The molecule has 158 valence electrons. The van der Waals surface area contributed by atoms with Crippen molar-refractivity contribution in [2.75, 3.05) is 26.9 Å². The topological polar surface area (TPSA) is 136 Å². The maximum Gasteiger partial charge on any atom is 0.360 e. The van der Waals surface area contributed by atoms with E-state index in [9.17, 15) is 22.7 Å². The van der Waals surface area contributed by atoms with Gasteiger partial charge < -0.3 is 15.6 Å². The van der Waals surface area contributed by atoms with Crippen molar-refractivity contribution in [2.24, 2.45) is 0 Å². The number of nitrogens with two attached hydrogens (primary N) is 1. The third-order valence-corrected chi connectivity index (χ3v) is 6.20. The van der Waals surface area contributed by atoms with Gasteiger partial charge in [0.25, 0.3) is 10.0 Å². The fourth-order valence-corrected chi connectivity index (χ4v) is 3.80. The molecule has 3 rings (SSSR count). The molecule has 0 saturated carbocycles. The van der Waals surface area contributed by atoms with E-state index < -0.39 is 38.3 Å². The summed E-state index contributed by atoms with van der Waals surface area (Å²) in [4.78, 5) is 20.0. The predicted molar refractivity (Wildman–Crippen MR) is 107 cm³/mol. The molecule has 2 aromatic heterocycles. The Balaban J connectivity index is 2.31. The molecule has 0 amide bonds. The smallest absolute Gasteiger partial charge is 0.360 e. The fraction of sp³-hybridized carbons (Fsp3) is 0.211. The van der Waals surface area contributed by atoms with Gasteiger partial charge in [0, 0.05) is 25.9 Å². The molecule has 1 aromatic carbocycles. The summed E-state index contributed by atoms with van der Waals surface area (Å²) in [5.41, 5.74) is 6.38. The van der Waals surface area contributed by atoms with E-state index in [4.69, 9.17) is 5.73 Å². The highest BCUT2D eigenvalue weighted by Gasteiger charge is 2.29. The van der Waals surface area contributed by atoms with Crippen molar-refractivity contribution in [3.63, 3.8) is 0 Å². The number of hydrogen-bond acceptors (Lipinski definition) is 8. The molecule has 0 aliphatic carbocycles. The third kappa shape index (κ3) is 3.76. The van der Waals surface area contributed by atoms with E-state index in [1.807, 2.05) is 0 Å². The van der Waals surface area contributed by atoms with Crippen molar-refractivity contribution in [3.8, 4) is 5.75 Å². The first kappa shape index (κ1) is 21.4. The lowest BCUT2D eigenvalue weighted by Crippen LogP contribution is -2.24. The van der Waals surface area contributed by atoms with E-state index in [1.54, 1.807) is 12.1 Å². The number of fused-ring (bicyclic) bond motifs is 1. The molecule has 0 aliphatic rings. The zero-order chi connectivity index (χ0) is 22.2. The van der Waals surface area contributed by atoms with Crippen LogP contribution in [0.3, 0.4) is 0 Å². The molecule has 0 radical (unpaired) electrons. The number of aromatic hydroxyl groups is 1. The highest BCUT2D eigenvalue weighted by atomic mass is 32.2. The average molecular weight is 434 g/mol. The van der Waals surface area contributed by atoms with Crippen LogP contribution in [0.1, 0.15) is 21.6 Å². The molecule has 0 atom stereocenters. The Morgan fingerprint density at radius 1 is 1.23 bits per heavy atom. The van der Waals surface area contributed by atoms with Crippen LogP contribution in [-0.2, 0) is 21.2 Å². The second kappa shape index (κ2) is 7.84. The number of methoxy groups -OCH3 is 1. The summed E-state index contributed by atoms with van der Waals surface area (Å²) in [6.45, 7) is 0. The molecule has 0 unspecified atom stereocenters. The lowest BCUT2D eigenvalue weighted by Gasteiger charge is -2.16. The van der Waals surface area contributed by atoms with E-state index in [2.05, 4.69) is 14.7 Å². The molecule has 0 aliphatic heterocycles. The molecule has 0 fully saturated rings. The van der Waals surface area contributed by atoms with Gasteiger partial charge in [0.2, 0.25) is 0 Å². The Morgan fingerprint density at radius 2 is 1.87 bits per heavy atom. The molecule has 0 bridgehead atoms. The fourth-order valence-electron chi connectivity index (χ4n) is 2.81. The highest BCUT2D eigenvalue weighted by molar-refractivity contribution is 7.89. The number of hydrogen-bond donors (Lipinski definition) is 2. The van der Waals surface area contributed by atoms with Crippen LogP contribution in [0.5, 0.6) is 5.75 Å². The largest absolute Gasteiger partial charge is 0.504 e. The van der Waals surface area contributed by atoms with E-state index in [0.717, 1.165) is 11.4 Å². The lowest BCUT2D eigenvalue weighted by molar-refractivity contribution is 0.0590. The van der Waals surface area contributed by atoms with Crippen molar-refractivity contribution in [2.45, 2.75) is 11.4 Å². The van der Waals surface area contributed by atoms with Gasteiger partial charge in [0.05, 0.1) is 7.11 Å². The van der Waals surface area contributed by atoms with Gasteiger partial charge in [-0.1, -0.05) is 12.1 Å². The van der Waals surface area contributed by atoms with Crippen LogP contribution in [0, 0.1) is 5.82 Å². The number of anilines is 1. The third-order valence-electron chi connectivity index (χ3n) is 4.44. The van der Waals surface area contributed by atoms with E-state index in [-0.39, 0.29) is 23.1 Å². The quantitative estimate of drug-likeness (QED) is 0.579. The molecule has 11 heteroatoms. The second-order valence-electron chi connectivity index (χ2n) is 6.63. The van der Waals surface area contributed by atoms with Crippen LogP contribution >= 0.6 is 0 Å². The van der Waals surface area contributed by atoms with Crippen molar-refractivity contribution in [3.05, 3.63) is 53.0 Å². The van der Waals surface area contributed by atoms with Crippen LogP contribution in [0.2, 0.25) is 0 Å². The number of nitrogens with zero attached hydrogens (tertiary/aromatic N) is 3. The molecular formula is C19H19FN4O5S. The molecule has 30 heavy (non-hydrogen) atoms. The van der Waals surface area contributed by atoms with Crippen molar-refractivity contribution in [1.29, 1.82) is 0 Å². The van der Waals surface area contributed by atoms with Crippen molar-refractivity contribution in [1.82, 2.24) is 14.3 Å². The lowest BCUT2D eigenvalue weighted by atomic mass is 10.0. The molecule has 3 N–H and O–H groups in total. The van der Waals surface area contributed by atoms with Crippen LogP contribution < -0.4 is 5.73 Å². The van der Waals surface area contributed by atoms with Gasteiger partial charge in [-0.05, 0) is 29.3 Å². The molecule has 0 spiro atoms. The van der Waals surface area contributed by atoms with Crippen LogP contribution in [0.25, 0.3) is 10.9 Å². The van der Waals surface area contributed by atoms with Gasteiger partial charge >= 0.3 is 5.97 Å². The Labute approximate surface area is 172 Å². The molecular weight excluding hydrogens is 415 g/mol. The number of carbonyl (C=O) groups is 1. The summed E-state index contributed by atoms with van der Waals surface area (Å²) in [6, 6.07) is 7.14. The minimum atomic E-state index is -4.12. The van der Waals surface area contributed by atoms with E-state index >= 15 is 0 Å². The van der Waals surface area contributed by atoms with Gasteiger partial charge in [0.15, 0.2) is 16.5 Å². The standard InChI is InChI=1S/C19H19FN4O5S/c1-24(2)30(27,28)18-13-9-11(8-10-4-6-12(20)7-5-10)17(21)22-14(13)16(25)15(23-18)19(26)29-3/h4-7,9,25H,8H2,1-3H3,(H2,21,22). The van der Waals surface area contributed by atoms with E-state index in [1.165, 1.54) is 32.3 Å². The monoisotopic (exact) mass is 434 g/mol. The zero-order valence-electron chi connectivity index (χ0n) is 16.4. The van der Waals surface area contributed by atoms with Crippen molar-refractivity contribution < 1.29 is 27.4 Å². The van der Waals surface area contributed by atoms with Gasteiger partial charge in [-0.15, -0.1) is 0 Å². The number of pyridine rings is 2. The zero-order valence-corrected chi connectivity index (χ0v) is 17.2. The van der Waals surface area contributed by atoms with Gasteiger partial charge in [-0.3, -0.25) is 0 Å². The maximum atomic E-state index is 13.2. The summed E-state index contributed by atoms with van der Waals surface area (Å²) >= 11 is 0. The minimum Gasteiger partial charge on any atom is -0.504 e. The van der Waals surface area contributed by atoms with E-state index in [0.29, 0.717) is 11.1 Å². The minimum absolute atomic E-state index is 0.0114. The number of aromatic nitrogens is 2. The van der Waals surface area contributed by atoms with Crippen molar-refractivity contribution >= 4 is 32.7 Å². The number of nitrogen functional groups attached to an aromatic ring is 1. The Bertz CT molecular complexity index is 1240. The van der Waals surface area contributed by atoms with Crippen LogP contribution in [-0.4, -0.2) is 55.0 Å². The predicted octanol–water partition coefficient (Wildman–Crippen LogP) is 1.68. The first-order valence-electron chi connectivity index (χ1n) is 8.63. The number of esters is 1. The molecule has 2 heterocycles. The summed E-state index contributed by atoms with van der Waals surface area (Å²) in [6.07, 6.45) is 0.232. The Hall–Kier alpha value is -3.31. The van der Waals surface area contributed by atoms with Gasteiger partial charge in [-0.2, -0.15) is 0 Å². The Morgan fingerprint density at radius 3 is 2.43 bits per heavy atom. The number of ether oxygens (including phenoxy) is 1. The Kier molecular flexibility index (Phi) is 5.59. The van der Waals surface area contributed by atoms with Gasteiger partial charge in [-0.25, -0.2) is 31.9 Å². The number of carbonyl (C=O) groups excluding carboxylic acids is 1. The number of benzene rings is 1. The summed E-state index contributed by atoms with van der Waals surface area (Å²) in [7, 11) is -0.442. The maximum absolute atomic E-state index is 13.2. The highest BCUT2D eigenvalue weighted by Crippen LogP contribution is 2.34. The number of rotatable bonds is 5. The van der Waals surface area contributed by atoms with Crippen LogP contribution in [0.15, 0.2) is 35.4 Å². The second-order valence-corrected chi connectivity index (χ2v) is 8.69. The molecule has 3 aromatic rings. The normalized spacial score (nSPS) is 11.8. The summed E-state index contributed by atoms with van der Waals surface area (Å²) in [5, 5.41) is 9.99.